The van der Waals surface area contributed by atoms with E-state index < -0.39 is 29.6 Å². The summed E-state index contributed by atoms with van der Waals surface area (Å²) in [6.07, 6.45) is -0.482. The Morgan fingerprint density at radius 2 is 2.03 bits per heavy atom. The van der Waals surface area contributed by atoms with Crippen LogP contribution in [0.3, 0.4) is 0 Å². The van der Waals surface area contributed by atoms with E-state index in [-0.39, 0.29) is 29.6 Å². The molecular formula is C18H19N7O7S. The third kappa shape index (κ3) is 4.90. The van der Waals surface area contributed by atoms with Crippen molar-refractivity contribution in [2.45, 2.75) is 38.3 Å². The number of aromatic nitrogens is 7. The third-order valence-electron chi connectivity index (χ3n) is 4.80. The third-order valence-corrected chi connectivity index (χ3v) is 4.97. The molecule has 4 rings (SSSR count). The van der Waals surface area contributed by atoms with Crippen molar-refractivity contribution in [2.24, 2.45) is 0 Å². The highest BCUT2D eigenvalue weighted by Crippen LogP contribution is 2.27. The van der Waals surface area contributed by atoms with E-state index in [9.17, 15) is 24.9 Å². The molecule has 0 unspecified atom stereocenters. The number of aliphatic hydroxyl groups excluding tert-OH is 3. The number of furan rings is 1. The molecule has 0 spiro atoms. The first-order valence-corrected chi connectivity index (χ1v) is 10.00. The highest BCUT2D eigenvalue weighted by atomic mass is 32.1. The SMILES string of the molecule is Cc1cn(Cc2cn(C[C@@H](O)[C@@H](O)[C@H](O)c3cc(-c4n[nH]c(=S)o4)co3)nn2)c(=O)[nH]c1=O. The maximum atomic E-state index is 11.9. The molecule has 3 atom stereocenters. The lowest BCUT2D eigenvalue weighted by Gasteiger charge is -2.21. The summed E-state index contributed by atoms with van der Waals surface area (Å²) in [5.41, 5.74) is 0.0597. The molecule has 0 saturated heterocycles. The molecule has 0 aliphatic rings. The lowest BCUT2D eigenvalue weighted by Crippen LogP contribution is -2.35. The fourth-order valence-electron chi connectivity index (χ4n) is 3.06. The van der Waals surface area contributed by atoms with Gasteiger partial charge < -0.3 is 24.2 Å². The number of H-pyrrole nitrogens is 2. The molecule has 5 N–H and O–H groups in total. The van der Waals surface area contributed by atoms with Crippen LogP contribution in [0.2, 0.25) is 0 Å². The average Bonchev–Trinajstić information content (AvgIpc) is 3.52. The Labute approximate surface area is 188 Å². The van der Waals surface area contributed by atoms with E-state index in [4.69, 9.17) is 21.1 Å². The van der Waals surface area contributed by atoms with Crippen LogP contribution in [0.5, 0.6) is 0 Å². The van der Waals surface area contributed by atoms with Gasteiger partial charge in [0.25, 0.3) is 10.4 Å². The van der Waals surface area contributed by atoms with Gasteiger partial charge in [0.2, 0.25) is 5.89 Å². The number of aromatic amines is 2. The molecule has 0 aliphatic carbocycles. The summed E-state index contributed by atoms with van der Waals surface area (Å²) in [7, 11) is 0. The Kier molecular flexibility index (Phi) is 6.19. The smallest absolute Gasteiger partial charge is 0.328 e. The van der Waals surface area contributed by atoms with Crippen LogP contribution >= 0.6 is 12.2 Å². The molecular weight excluding hydrogens is 458 g/mol. The molecule has 14 nitrogen and oxygen atoms in total. The highest BCUT2D eigenvalue weighted by Gasteiger charge is 2.29. The van der Waals surface area contributed by atoms with Crippen molar-refractivity contribution >= 4 is 12.2 Å². The first-order chi connectivity index (χ1) is 15.7. The van der Waals surface area contributed by atoms with Crippen LogP contribution < -0.4 is 11.2 Å². The second kappa shape index (κ2) is 9.07. The summed E-state index contributed by atoms with van der Waals surface area (Å²) < 4.78 is 12.9. The number of aryl methyl sites for hydroxylation is 1. The van der Waals surface area contributed by atoms with Crippen molar-refractivity contribution in [1.29, 1.82) is 0 Å². The van der Waals surface area contributed by atoms with Gasteiger partial charge >= 0.3 is 5.69 Å². The summed E-state index contributed by atoms with van der Waals surface area (Å²) in [5, 5.41) is 45.2. The number of nitrogens with one attached hydrogen (secondary N) is 2. The summed E-state index contributed by atoms with van der Waals surface area (Å²) in [4.78, 5) is 25.6. The zero-order valence-electron chi connectivity index (χ0n) is 17.1. The topological polar surface area (TPSA) is 201 Å². The fourth-order valence-corrected chi connectivity index (χ4v) is 3.19. The molecule has 0 fully saturated rings. The predicted octanol–water partition coefficient (Wildman–Crippen LogP) is -0.754. The Hall–Kier alpha value is -3.66. The summed E-state index contributed by atoms with van der Waals surface area (Å²) >= 11 is 4.80. The lowest BCUT2D eigenvalue weighted by molar-refractivity contribution is -0.0739. The molecule has 0 aliphatic heterocycles. The molecule has 4 heterocycles. The standard InChI is InChI=1S/C18H19N7O7S/c1-8-3-24(17(30)19-15(8)29)4-10-5-25(23-20-10)6-11(26)13(27)14(28)12-2-9(7-31-12)16-21-22-18(33)32-16/h2-3,5,7,11,13-14,26-28H,4,6H2,1H3,(H,22,33)(H,19,29,30)/t11-,13-,14-/m1/s1. The Morgan fingerprint density at radius 3 is 2.76 bits per heavy atom. The first-order valence-electron chi connectivity index (χ1n) is 9.59. The maximum Gasteiger partial charge on any atom is 0.328 e. The largest absolute Gasteiger partial charge is 0.466 e. The van der Waals surface area contributed by atoms with Crippen LogP contribution in [0.1, 0.15) is 23.1 Å². The van der Waals surface area contributed by atoms with Crippen molar-refractivity contribution in [3.8, 4) is 11.5 Å². The molecule has 4 aromatic heterocycles. The van der Waals surface area contributed by atoms with E-state index >= 15 is 0 Å². The van der Waals surface area contributed by atoms with Crippen LogP contribution in [-0.2, 0) is 13.1 Å². The second-order valence-electron chi connectivity index (χ2n) is 7.29. The van der Waals surface area contributed by atoms with Gasteiger partial charge in [0.05, 0.1) is 24.8 Å². The van der Waals surface area contributed by atoms with Crippen molar-refractivity contribution in [3.05, 3.63) is 67.4 Å². The molecule has 0 radical (unpaired) electrons. The van der Waals surface area contributed by atoms with Crippen LogP contribution in [0.25, 0.3) is 11.5 Å². The average molecular weight is 477 g/mol. The van der Waals surface area contributed by atoms with Gasteiger partial charge in [0.1, 0.15) is 36.0 Å². The van der Waals surface area contributed by atoms with E-state index in [0.29, 0.717) is 16.8 Å². The van der Waals surface area contributed by atoms with E-state index in [1.807, 2.05) is 0 Å². The molecule has 33 heavy (non-hydrogen) atoms. The van der Waals surface area contributed by atoms with Gasteiger partial charge in [-0.2, -0.15) is 0 Å². The van der Waals surface area contributed by atoms with Crippen LogP contribution in [0.15, 0.2) is 43.1 Å². The van der Waals surface area contributed by atoms with Crippen LogP contribution in [-0.4, -0.2) is 62.3 Å². The monoisotopic (exact) mass is 477 g/mol. The quantitative estimate of drug-likeness (QED) is 0.200. The number of rotatable bonds is 8. The Balaban J connectivity index is 1.40. The van der Waals surface area contributed by atoms with E-state index in [0.717, 1.165) is 0 Å². The minimum absolute atomic E-state index is 0.0206. The van der Waals surface area contributed by atoms with Gasteiger partial charge in [-0.05, 0) is 25.2 Å². The molecule has 4 aromatic rings. The Bertz CT molecular complexity index is 1430. The number of nitrogens with zero attached hydrogens (tertiary/aromatic N) is 5. The minimum Gasteiger partial charge on any atom is -0.466 e. The van der Waals surface area contributed by atoms with E-state index in [2.05, 4.69) is 25.5 Å². The van der Waals surface area contributed by atoms with Crippen molar-refractivity contribution in [2.75, 3.05) is 0 Å². The van der Waals surface area contributed by atoms with Crippen molar-refractivity contribution in [1.82, 2.24) is 34.7 Å². The predicted molar refractivity (Wildman–Crippen MR) is 112 cm³/mol. The summed E-state index contributed by atoms with van der Waals surface area (Å²) in [5.74, 6) is 0.122. The van der Waals surface area contributed by atoms with E-state index in [1.54, 1.807) is 6.92 Å². The fraction of sp³-hybridized carbons (Fsp3) is 0.333. The zero-order valence-corrected chi connectivity index (χ0v) is 17.9. The van der Waals surface area contributed by atoms with Crippen molar-refractivity contribution < 1.29 is 24.2 Å². The molecule has 174 valence electrons. The molecule has 0 amide bonds. The lowest BCUT2D eigenvalue weighted by atomic mass is 10.1. The van der Waals surface area contributed by atoms with Crippen LogP contribution in [0, 0.1) is 11.8 Å². The van der Waals surface area contributed by atoms with Gasteiger partial charge in [-0.25, -0.2) is 14.6 Å². The van der Waals surface area contributed by atoms with Crippen LogP contribution in [0.4, 0.5) is 0 Å². The molecule has 15 heteroatoms. The van der Waals surface area contributed by atoms with Gasteiger partial charge in [0, 0.05) is 11.8 Å². The van der Waals surface area contributed by atoms with E-state index in [1.165, 1.54) is 34.0 Å². The van der Waals surface area contributed by atoms with Crippen molar-refractivity contribution in [3.63, 3.8) is 0 Å². The zero-order chi connectivity index (χ0) is 23.7. The Morgan fingerprint density at radius 1 is 1.24 bits per heavy atom. The summed E-state index contributed by atoms with van der Waals surface area (Å²) in [6.45, 7) is 1.40. The molecule has 0 saturated carbocycles. The normalized spacial score (nSPS) is 14.3. The van der Waals surface area contributed by atoms with Gasteiger partial charge in [-0.3, -0.25) is 14.3 Å². The number of hydrogen-bond acceptors (Lipinski definition) is 11. The summed E-state index contributed by atoms with van der Waals surface area (Å²) in [6, 6.07) is 1.40. The molecule has 0 bridgehead atoms. The number of hydrogen-bond donors (Lipinski definition) is 5. The molecule has 0 aromatic carbocycles. The highest BCUT2D eigenvalue weighted by molar-refractivity contribution is 7.71. The number of aliphatic hydroxyl groups is 3. The minimum atomic E-state index is -1.62. The second-order valence-corrected chi connectivity index (χ2v) is 7.66. The van der Waals surface area contributed by atoms with Gasteiger partial charge in [-0.1, -0.05) is 5.21 Å². The first kappa shape index (κ1) is 22.5. The maximum absolute atomic E-state index is 11.9. The van der Waals surface area contributed by atoms with Gasteiger partial charge in [0.15, 0.2) is 0 Å². The van der Waals surface area contributed by atoms with Gasteiger partial charge in [-0.15, -0.1) is 10.2 Å².